The maximum atomic E-state index is 2.58. The van der Waals surface area contributed by atoms with Crippen LogP contribution < -0.4 is 4.90 Å². The fourth-order valence-electron chi connectivity index (χ4n) is 12.8. The second kappa shape index (κ2) is 12.9. The summed E-state index contributed by atoms with van der Waals surface area (Å²) in [6.45, 7) is 4.77. The van der Waals surface area contributed by atoms with Gasteiger partial charge in [-0.05, 0) is 160 Å². The van der Waals surface area contributed by atoms with Crippen molar-refractivity contribution in [2.75, 3.05) is 4.90 Å². The predicted octanol–water partition coefficient (Wildman–Crippen LogP) is 17.6. The van der Waals surface area contributed by atoms with Crippen molar-refractivity contribution in [1.29, 1.82) is 0 Å². The Kier molecular flexibility index (Phi) is 7.17. The van der Waals surface area contributed by atoms with Crippen LogP contribution in [0.5, 0.6) is 0 Å². The number of anilines is 3. The zero-order valence-corrected chi connectivity index (χ0v) is 37.4. The van der Waals surface area contributed by atoms with Crippen LogP contribution in [0.1, 0.15) is 47.2 Å². The monoisotopic (exact) mass is 855 g/mol. The van der Waals surface area contributed by atoms with Crippen molar-refractivity contribution in [2.45, 2.75) is 24.7 Å². The molecule has 0 N–H and O–H groups in total. The molecule has 1 spiro atoms. The summed E-state index contributed by atoms with van der Waals surface area (Å²) in [5.41, 5.74) is 18.8. The predicted molar refractivity (Wildman–Crippen MR) is 280 cm³/mol. The highest BCUT2D eigenvalue weighted by Crippen LogP contribution is 2.64. The minimum atomic E-state index is -0.532. The molecule has 308 valence electrons. The summed E-state index contributed by atoms with van der Waals surface area (Å²) >= 11 is 1.87. The molecule has 15 rings (SSSR count). The zero-order chi connectivity index (χ0) is 43.5. The first kappa shape index (κ1) is 36.5. The average Bonchev–Trinajstić information content (AvgIpc) is 4.05. The van der Waals surface area contributed by atoms with Crippen molar-refractivity contribution < 1.29 is 0 Å². The molecule has 1 heterocycles. The molecule has 1 nitrogen and oxygen atoms in total. The smallest absolute Gasteiger partial charge is 0.0726 e. The molecule has 3 aliphatic carbocycles. The lowest BCUT2D eigenvalue weighted by atomic mass is 9.70. The summed E-state index contributed by atoms with van der Waals surface area (Å²) in [6, 6.07) is 81.0. The van der Waals surface area contributed by atoms with E-state index in [9.17, 15) is 0 Å². The average molecular weight is 856 g/mol. The molecular weight excluding hydrogens is 815 g/mol. The fourth-order valence-corrected chi connectivity index (χ4v) is 13.9. The summed E-state index contributed by atoms with van der Waals surface area (Å²) in [5, 5.41) is 10.4. The van der Waals surface area contributed by atoms with Crippen LogP contribution in [0.3, 0.4) is 0 Å². The van der Waals surface area contributed by atoms with Crippen LogP contribution in [0.15, 0.2) is 212 Å². The highest BCUT2D eigenvalue weighted by Gasteiger charge is 2.52. The third kappa shape index (κ3) is 4.59. The van der Waals surface area contributed by atoms with Gasteiger partial charge in [0, 0.05) is 42.6 Å². The van der Waals surface area contributed by atoms with Gasteiger partial charge in [0.25, 0.3) is 0 Å². The molecule has 1 atom stereocenters. The maximum absolute atomic E-state index is 2.58. The Bertz CT molecular complexity index is 4110. The van der Waals surface area contributed by atoms with Crippen LogP contribution in [0.2, 0.25) is 0 Å². The molecule has 0 amide bonds. The summed E-state index contributed by atoms with van der Waals surface area (Å²) in [7, 11) is 0. The van der Waals surface area contributed by atoms with Gasteiger partial charge in [-0.1, -0.05) is 166 Å². The Labute approximate surface area is 387 Å². The number of fused-ring (bicyclic) bond motifs is 22. The highest BCUT2D eigenvalue weighted by atomic mass is 32.1. The Morgan fingerprint density at radius 2 is 0.712 bits per heavy atom. The first-order valence-electron chi connectivity index (χ1n) is 23.2. The highest BCUT2D eigenvalue weighted by molar-refractivity contribution is 7.25. The third-order valence-electron chi connectivity index (χ3n) is 15.6. The summed E-state index contributed by atoms with van der Waals surface area (Å²) < 4.78 is 2.62. The first-order chi connectivity index (χ1) is 32.5. The van der Waals surface area contributed by atoms with Gasteiger partial charge in [-0.2, -0.15) is 0 Å². The molecule has 66 heavy (non-hydrogen) atoms. The molecule has 0 saturated heterocycles. The molecule has 1 aromatic heterocycles. The largest absolute Gasteiger partial charge is 0.310 e. The molecule has 0 saturated carbocycles. The molecule has 0 bridgehead atoms. The standard InChI is InChI=1S/C64H41NS/c1-63(2)55-23-11-7-19-45(55)48-30-27-39(34-58(48)63)65(38-29-32-62-54(33-38)50-22-10-14-26-61(50)66-62)40-28-31-49-46-20-8-12-24-56(46)64(59(49)35-40)57-25-13-9-21-47(57)53-36-51-43-17-5-3-15-41(43)42-16-4-6-18-44(42)52(51)37-60(53)64/h3-37H,1-2H3. The van der Waals surface area contributed by atoms with Crippen LogP contribution in [0.4, 0.5) is 17.1 Å². The van der Waals surface area contributed by atoms with E-state index < -0.39 is 5.41 Å². The number of hydrogen-bond donors (Lipinski definition) is 0. The number of rotatable bonds is 3. The second-order valence-electron chi connectivity index (χ2n) is 19.1. The minimum Gasteiger partial charge on any atom is -0.310 e. The topological polar surface area (TPSA) is 3.24 Å². The van der Waals surface area contributed by atoms with Gasteiger partial charge in [-0.3, -0.25) is 0 Å². The van der Waals surface area contributed by atoms with Crippen molar-refractivity contribution in [2.24, 2.45) is 0 Å². The first-order valence-corrected chi connectivity index (χ1v) is 24.0. The van der Waals surface area contributed by atoms with E-state index in [1.165, 1.54) is 119 Å². The molecule has 0 fully saturated rings. The van der Waals surface area contributed by atoms with Gasteiger partial charge in [0.2, 0.25) is 0 Å². The van der Waals surface area contributed by atoms with E-state index in [2.05, 4.69) is 231 Å². The van der Waals surface area contributed by atoms with E-state index in [-0.39, 0.29) is 5.41 Å². The molecule has 1 unspecified atom stereocenters. The van der Waals surface area contributed by atoms with E-state index in [0.29, 0.717) is 0 Å². The van der Waals surface area contributed by atoms with Crippen molar-refractivity contribution in [3.05, 3.63) is 246 Å². The second-order valence-corrected chi connectivity index (χ2v) is 20.2. The van der Waals surface area contributed by atoms with Gasteiger partial charge in [0.15, 0.2) is 0 Å². The SMILES string of the molecule is CC1(C)c2ccccc2-c2ccc(N(c3ccc4c(c3)C3(c5ccccc5-4)c4ccccc4-c4cc5c6ccccc6c6ccccc6c5cc43)c3ccc4sc5ccccc5c4c3)cc21. The fraction of sp³-hybridized carbons (Fsp3) is 0.0625. The molecule has 11 aromatic carbocycles. The van der Waals surface area contributed by atoms with Crippen LogP contribution in [0.25, 0.3) is 85.9 Å². The van der Waals surface area contributed by atoms with Crippen molar-refractivity contribution >= 4 is 80.9 Å². The van der Waals surface area contributed by atoms with Crippen LogP contribution >= 0.6 is 11.3 Å². The van der Waals surface area contributed by atoms with Gasteiger partial charge < -0.3 is 4.90 Å². The lowest BCUT2D eigenvalue weighted by Gasteiger charge is -2.33. The van der Waals surface area contributed by atoms with E-state index in [1.807, 2.05) is 11.3 Å². The number of nitrogens with zero attached hydrogens (tertiary/aromatic N) is 1. The van der Waals surface area contributed by atoms with E-state index in [1.54, 1.807) is 0 Å². The Morgan fingerprint density at radius 1 is 0.288 bits per heavy atom. The zero-order valence-electron chi connectivity index (χ0n) is 36.6. The van der Waals surface area contributed by atoms with Gasteiger partial charge in [-0.25, -0.2) is 0 Å². The molecule has 0 aliphatic heterocycles. The summed E-state index contributed by atoms with van der Waals surface area (Å²) in [6.07, 6.45) is 0. The molecule has 3 aliphatic rings. The third-order valence-corrected chi connectivity index (χ3v) is 16.8. The van der Waals surface area contributed by atoms with Crippen molar-refractivity contribution in [1.82, 2.24) is 0 Å². The minimum absolute atomic E-state index is 0.139. The van der Waals surface area contributed by atoms with Crippen LogP contribution in [0, 0.1) is 0 Å². The van der Waals surface area contributed by atoms with Crippen molar-refractivity contribution in [3.8, 4) is 33.4 Å². The van der Waals surface area contributed by atoms with E-state index >= 15 is 0 Å². The van der Waals surface area contributed by atoms with Gasteiger partial charge in [0.05, 0.1) is 5.41 Å². The van der Waals surface area contributed by atoms with Crippen molar-refractivity contribution in [3.63, 3.8) is 0 Å². The quantitative estimate of drug-likeness (QED) is 0.160. The molecule has 12 aromatic rings. The van der Waals surface area contributed by atoms with E-state index in [4.69, 9.17) is 0 Å². The normalized spacial score (nSPS) is 15.9. The lowest BCUT2D eigenvalue weighted by Crippen LogP contribution is -2.26. The molecule has 0 radical (unpaired) electrons. The van der Waals surface area contributed by atoms with Gasteiger partial charge in [0.1, 0.15) is 0 Å². The number of benzene rings is 11. The molecular formula is C64H41NS. The summed E-state index contributed by atoms with van der Waals surface area (Å²) in [5.74, 6) is 0. The molecule has 2 heteroatoms. The van der Waals surface area contributed by atoms with Crippen LogP contribution in [-0.4, -0.2) is 0 Å². The van der Waals surface area contributed by atoms with Gasteiger partial charge >= 0.3 is 0 Å². The maximum Gasteiger partial charge on any atom is 0.0726 e. The Hall–Kier alpha value is -7.78. The Balaban J connectivity index is 1.02. The number of thiophene rings is 1. The van der Waals surface area contributed by atoms with E-state index in [0.717, 1.165) is 17.1 Å². The Morgan fingerprint density at radius 3 is 1.38 bits per heavy atom. The van der Waals surface area contributed by atoms with Crippen LogP contribution in [-0.2, 0) is 10.8 Å². The summed E-state index contributed by atoms with van der Waals surface area (Å²) in [4.78, 5) is 2.53. The lowest BCUT2D eigenvalue weighted by molar-refractivity contribution is 0.660. The van der Waals surface area contributed by atoms with Gasteiger partial charge in [-0.15, -0.1) is 11.3 Å². The number of hydrogen-bond acceptors (Lipinski definition) is 2.